The second-order valence-electron chi connectivity index (χ2n) is 4.14. The number of aryl methyl sites for hydroxylation is 3. The quantitative estimate of drug-likeness (QED) is 0.836. The molecule has 1 aromatic carbocycles. The standard InChI is InChI=1S/C14H16OS/c1-9-5-4-6-10(2)13(9)14(15)12-7-8-16-11(12)3/h4-8,14-15H,1-3H3. The van der Waals surface area contributed by atoms with Crippen molar-refractivity contribution < 1.29 is 5.11 Å². The van der Waals surface area contributed by atoms with Gasteiger partial charge in [-0.3, -0.25) is 0 Å². The molecule has 16 heavy (non-hydrogen) atoms. The summed E-state index contributed by atoms with van der Waals surface area (Å²) in [6.07, 6.45) is -0.493. The molecule has 1 N–H and O–H groups in total. The third kappa shape index (κ3) is 1.91. The van der Waals surface area contributed by atoms with Crippen LogP contribution in [0.3, 0.4) is 0 Å². The molecule has 2 aromatic rings. The Morgan fingerprint density at radius 3 is 2.19 bits per heavy atom. The summed E-state index contributed by atoms with van der Waals surface area (Å²) in [5, 5.41) is 12.5. The van der Waals surface area contributed by atoms with Crippen molar-refractivity contribution in [3.05, 3.63) is 56.8 Å². The van der Waals surface area contributed by atoms with Gasteiger partial charge in [-0.25, -0.2) is 0 Å². The van der Waals surface area contributed by atoms with Gasteiger partial charge in [0.15, 0.2) is 0 Å². The van der Waals surface area contributed by atoms with E-state index < -0.39 is 6.10 Å². The van der Waals surface area contributed by atoms with Gasteiger partial charge in [-0.15, -0.1) is 11.3 Å². The molecule has 1 unspecified atom stereocenters. The molecule has 1 heterocycles. The molecule has 0 saturated carbocycles. The van der Waals surface area contributed by atoms with Crippen LogP contribution in [0.2, 0.25) is 0 Å². The molecule has 0 fully saturated rings. The Balaban J connectivity index is 2.49. The fourth-order valence-electron chi connectivity index (χ4n) is 2.09. The Morgan fingerprint density at radius 2 is 1.69 bits per heavy atom. The van der Waals surface area contributed by atoms with E-state index in [1.165, 1.54) is 4.88 Å². The van der Waals surface area contributed by atoms with E-state index in [0.29, 0.717) is 0 Å². The molecule has 0 spiro atoms. The van der Waals surface area contributed by atoms with Gasteiger partial charge in [0.05, 0.1) is 0 Å². The first-order valence-electron chi connectivity index (χ1n) is 5.39. The van der Waals surface area contributed by atoms with Gasteiger partial charge in [0, 0.05) is 4.88 Å². The SMILES string of the molecule is Cc1cccc(C)c1C(O)c1ccsc1C. The second-order valence-corrected chi connectivity index (χ2v) is 5.26. The van der Waals surface area contributed by atoms with Crippen LogP contribution in [0.5, 0.6) is 0 Å². The summed E-state index contributed by atoms with van der Waals surface area (Å²) in [4.78, 5) is 1.19. The van der Waals surface area contributed by atoms with Crippen molar-refractivity contribution >= 4 is 11.3 Å². The van der Waals surface area contributed by atoms with Crippen LogP contribution in [-0.2, 0) is 0 Å². The molecule has 84 valence electrons. The van der Waals surface area contributed by atoms with E-state index in [1.807, 2.05) is 43.5 Å². The molecule has 0 saturated heterocycles. The van der Waals surface area contributed by atoms with Gasteiger partial charge >= 0.3 is 0 Å². The molecule has 2 rings (SSSR count). The van der Waals surface area contributed by atoms with Gasteiger partial charge < -0.3 is 5.11 Å². The average Bonchev–Trinajstić information content (AvgIpc) is 2.64. The molecular formula is C14H16OS. The van der Waals surface area contributed by atoms with Crippen LogP contribution in [0.1, 0.15) is 33.2 Å². The summed E-state index contributed by atoms with van der Waals surface area (Å²) < 4.78 is 0. The summed E-state index contributed by atoms with van der Waals surface area (Å²) in [5.74, 6) is 0. The highest BCUT2D eigenvalue weighted by Crippen LogP contribution is 2.31. The van der Waals surface area contributed by atoms with Gasteiger partial charge in [-0.05, 0) is 54.5 Å². The highest BCUT2D eigenvalue weighted by Gasteiger charge is 2.17. The maximum absolute atomic E-state index is 10.4. The van der Waals surface area contributed by atoms with E-state index in [9.17, 15) is 5.11 Å². The monoisotopic (exact) mass is 232 g/mol. The molecule has 1 aromatic heterocycles. The van der Waals surface area contributed by atoms with E-state index in [-0.39, 0.29) is 0 Å². The predicted octanol–water partition coefficient (Wildman–Crippen LogP) is 3.76. The zero-order chi connectivity index (χ0) is 11.7. The lowest BCUT2D eigenvalue weighted by Crippen LogP contribution is -2.04. The van der Waals surface area contributed by atoms with Crippen LogP contribution in [0.4, 0.5) is 0 Å². The fraction of sp³-hybridized carbons (Fsp3) is 0.286. The normalized spacial score (nSPS) is 12.8. The average molecular weight is 232 g/mol. The molecule has 0 radical (unpaired) electrons. The van der Waals surface area contributed by atoms with Crippen LogP contribution in [0.15, 0.2) is 29.6 Å². The molecule has 0 aliphatic carbocycles. The van der Waals surface area contributed by atoms with Crippen molar-refractivity contribution in [2.45, 2.75) is 26.9 Å². The maximum atomic E-state index is 10.4. The second kappa shape index (κ2) is 4.40. The van der Waals surface area contributed by atoms with Gasteiger partial charge in [0.2, 0.25) is 0 Å². The number of hydrogen-bond donors (Lipinski definition) is 1. The zero-order valence-corrected chi connectivity index (χ0v) is 10.6. The molecule has 2 heteroatoms. The number of rotatable bonds is 2. The molecule has 0 aliphatic rings. The Morgan fingerprint density at radius 1 is 1.06 bits per heavy atom. The zero-order valence-electron chi connectivity index (χ0n) is 9.82. The van der Waals surface area contributed by atoms with E-state index in [4.69, 9.17) is 0 Å². The first kappa shape index (κ1) is 11.4. The van der Waals surface area contributed by atoms with Crippen molar-refractivity contribution in [2.75, 3.05) is 0 Å². The summed E-state index contributed by atoms with van der Waals surface area (Å²) in [7, 11) is 0. The first-order chi connectivity index (χ1) is 7.61. The molecule has 0 amide bonds. The van der Waals surface area contributed by atoms with Crippen LogP contribution in [0.25, 0.3) is 0 Å². The lowest BCUT2D eigenvalue weighted by molar-refractivity contribution is 0.218. The van der Waals surface area contributed by atoms with Crippen molar-refractivity contribution in [3.63, 3.8) is 0 Å². The highest BCUT2D eigenvalue weighted by atomic mass is 32.1. The lowest BCUT2D eigenvalue weighted by Gasteiger charge is -2.16. The van der Waals surface area contributed by atoms with Crippen LogP contribution in [-0.4, -0.2) is 5.11 Å². The fourth-order valence-corrected chi connectivity index (χ4v) is 2.83. The summed E-state index contributed by atoms with van der Waals surface area (Å²) >= 11 is 1.68. The van der Waals surface area contributed by atoms with E-state index in [2.05, 4.69) is 6.92 Å². The third-order valence-electron chi connectivity index (χ3n) is 3.01. The molecule has 1 atom stereocenters. The van der Waals surface area contributed by atoms with Crippen molar-refractivity contribution in [1.82, 2.24) is 0 Å². The van der Waals surface area contributed by atoms with Crippen LogP contribution < -0.4 is 0 Å². The minimum Gasteiger partial charge on any atom is -0.384 e. The summed E-state index contributed by atoms with van der Waals surface area (Å²) in [6.45, 7) is 6.15. The minimum absolute atomic E-state index is 0.493. The van der Waals surface area contributed by atoms with Gasteiger partial charge in [0.1, 0.15) is 6.10 Å². The third-order valence-corrected chi connectivity index (χ3v) is 3.87. The van der Waals surface area contributed by atoms with Crippen molar-refractivity contribution in [1.29, 1.82) is 0 Å². The van der Waals surface area contributed by atoms with Gasteiger partial charge in [0.25, 0.3) is 0 Å². The van der Waals surface area contributed by atoms with E-state index in [1.54, 1.807) is 11.3 Å². The van der Waals surface area contributed by atoms with Crippen molar-refractivity contribution in [3.8, 4) is 0 Å². The number of aliphatic hydroxyl groups excluding tert-OH is 1. The Hall–Kier alpha value is -1.12. The number of hydrogen-bond acceptors (Lipinski definition) is 2. The largest absolute Gasteiger partial charge is 0.384 e. The highest BCUT2D eigenvalue weighted by molar-refractivity contribution is 7.10. The predicted molar refractivity (Wildman–Crippen MR) is 69.0 cm³/mol. The Kier molecular flexibility index (Phi) is 3.13. The molecule has 0 bridgehead atoms. The number of benzene rings is 1. The first-order valence-corrected chi connectivity index (χ1v) is 6.27. The van der Waals surface area contributed by atoms with E-state index in [0.717, 1.165) is 22.3 Å². The summed E-state index contributed by atoms with van der Waals surface area (Å²) in [6, 6.07) is 8.14. The van der Waals surface area contributed by atoms with Crippen LogP contribution >= 0.6 is 11.3 Å². The molecular weight excluding hydrogens is 216 g/mol. The minimum atomic E-state index is -0.493. The summed E-state index contributed by atoms with van der Waals surface area (Å²) in [5.41, 5.74) is 4.38. The number of aliphatic hydroxyl groups is 1. The van der Waals surface area contributed by atoms with Gasteiger partial charge in [-0.2, -0.15) is 0 Å². The number of thiophene rings is 1. The lowest BCUT2D eigenvalue weighted by atomic mass is 9.94. The van der Waals surface area contributed by atoms with Crippen molar-refractivity contribution in [2.24, 2.45) is 0 Å². The molecule has 1 nitrogen and oxygen atoms in total. The topological polar surface area (TPSA) is 20.2 Å². The molecule has 0 aliphatic heterocycles. The maximum Gasteiger partial charge on any atom is 0.106 e. The van der Waals surface area contributed by atoms with Crippen LogP contribution in [0, 0.1) is 20.8 Å². The Bertz CT molecular complexity index is 479. The Labute approximate surface area is 100 Å². The smallest absolute Gasteiger partial charge is 0.106 e. The van der Waals surface area contributed by atoms with E-state index >= 15 is 0 Å². The van der Waals surface area contributed by atoms with Gasteiger partial charge in [-0.1, -0.05) is 18.2 Å².